The first-order valence-electron chi connectivity index (χ1n) is 8.14. The van der Waals surface area contributed by atoms with E-state index in [9.17, 15) is 9.18 Å². The largest absolute Gasteiger partial charge is 0.481 e. The molecule has 2 heterocycles. The number of nitrogens with one attached hydrogen (secondary N) is 1. The maximum absolute atomic E-state index is 13.5. The first-order chi connectivity index (χ1) is 12.6. The highest BCUT2D eigenvalue weighted by molar-refractivity contribution is 5.92. The molecule has 1 atom stereocenters. The van der Waals surface area contributed by atoms with Gasteiger partial charge in [0.05, 0.1) is 0 Å². The molecular formula is C19H18FN3O3. The zero-order valence-corrected chi connectivity index (χ0v) is 14.2. The molecule has 2 aromatic heterocycles. The van der Waals surface area contributed by atoms with E-state index >= 15 is 0 Å². The van der Waals surface area contributed by atoms with Crippen LogP contribution in [0, 0.1) is 5.82 Å². The standard InChI is InChI=1S/C19H18FN3O3/c1-13(10-14-6-4-5-9-21-14)22-19(24)16-11-26-18(23-16)12-25-17-8-3-2-7-15(17)20/h2-9,11,13H,10,12H2,1H3,(H,22,24)/t13-/m1/s1. The van der Waals surface area contributed by atoms with Gasteiger partial charge in [-0.05, 0) is 31.2 Å². The Balaban J connectivity index is 1.53. The van der Waals surface area contributed by atoms with Crippen molar-refractivity contribution in [2.45, 2.75) is 26.0 Å². The summed E-state index contributed by atoms with van der Waals surface area (Å²) in [5, 5.41) is 2.84. The molecule has 7 heteroatoms. The number of para-hydroxylation sites is 1. The lowest BCUT2D eigenvalue weighted by atomic mass is 10.1. The topological polar surface area (TPSA) is 77.2 Å². The molecule has 134 valence electrons. The number of halogens is 1. The molecule has 0 bridgehead atoms. The van der Waals surface area contributed by atoms with Gasteiger partial charge in [-0.1, -0.05) is 18.2 Å². The minimum atomic E-state index is -0.472. The van der Waals surface area contributed by atoms with Crippen LogP contribution in [0.4, 0.5) is 4.39 Å². The highest BCUT2D eigenvalue weighted by atomic mass is 19.1. The van der Waals surface area contributed by atoms with Crippen LogP contribution < -0.4 is 10.1 Å². The van der Waals surface area contributed by atoms with Crippen molar-refractivity contribution in [3.63, 3.8) is 0 Å². The van der Waals surface area contributed by atoms with E-state index in [4.69, 9.17) is 9.15 Å². The molecule has 0 radical (unpaired) electrons. The maximum Gasteiger partial charge on any atom is 0.273 e. The maximum atomic E-state index is 13.5. The quantitative estimate of drug-likeness (QED) is 0.704. The van der Waals surface area contributed by atoms with Crippen LogP contribution in [0.15, 0.2) is 59.3 Å². The van der Waals surface area contributed by atoms with Gasteiger partial charge in [0.2, 0.25) is 5.89 Å². The van der Waals surface area contributed by atoms with Gasteiger partial charge in [-0.3, -0.25) is 9.78 Å². The minimum Gasteiger partial charge on any atom is -0.481 e. The number of amides is 1. The third-order valence-corrected chi connectivity index (χ3v) is 3.59. The minimum absolute atomic E-state index is 0.0717. The van der Waals surface area contributed by atoms with Crippen LogP contribution in [0.25, 0.3) is 0 Å². The highest BCUT2D eigenvalue weighted by Gasteiger charge is 2.16. The van der Waals surface area contributed by atoms with Crippen LogP contribution in [-0.4, -0.2) is 21.9 Å². The van der Waals surface area contributed by atoms with Gasteiger partial charge >= 0.3 is 0 Å². The van der Waals surface area contributed by atoms with Gasteiger partial charge in [0.15, 0.2) is 23.9 Å². The van der Waals surface area contributed by atoms with Gasteiger partial charge in [0.1, 0.15) is 6.26 Å². The Hall–Kier alpha value is -3.22. The molecule has 1 amide bonds. The monoisotopic (exact) mass is 355 g/mol. The molecule has 0 unspecified atom stereocenters. The van der Waals surface area contributed by atoms with Crippen LogP contribution in [0.5, 0.6) is 5.75 Å². The van der Waals surface area contributed by atoms with Crippen LogP contribution >= 0.6 is 0 Å². The number of oxazole rings is 1. The van der Waals surface area contributed by atoms with Crippen LogP contribution in [0.3, 0.4) is 0 Å². The van der Waals surface area contributed by atoms with Crippen molar-refractivity contribution in [2.24, 2.45) is 0 Å². The fourth-order valence-corrected chi connectivity index (χ4v) is 2.36. The van der Waals surface area contributed by atoms with E-state index < -0.39 is 5.82 Å². The fraction of sp³-hybridized carbons (Fsp3) is 0.211. The molecule has 0 aliphatic carbocycles. The molecule has 0 aliphatic rings. The number of hydrogen-bond donors (Lipinski definition) is 1. The second kappa shape index (κ2) is 8.24. The number of hydrogen-bond acceptors (Lipinski definition) is 5. The number of rotatable bonds is 7. The molecule has 0 spiro atoms. The second-order valence-electron chi connectivity index (χ2n) is 5.75. The molecule has 3 aromatic rings. The van der Waals surface area contributed by atoms with Crippen molar-refractivity contribution in [3.05, 3.63) is 78.0 Å². The molecule has 1 N–H and O–H groups in total. The molecule has 0 aliphatic heterocycles. The summed E-state index contributed by atoms with van der Waals surface area (Å²) in [5.41, 5.74) is 1.03. The summed E-state index contributed by atoms with van der Waals surface area (Å²) in [5.74, 6) is -0.536. The number of aromatic nitrogens is 2. The van der Waals surface area contributed by atoms with Gasteiger partial charge in [0.25, 0.3) is 5.91 Å². The second-order valence-corrected chi connectivity index (χ2v) is 5.75. The smallest absolute Gasteiger partial charge is 0.273 e. The summed E-state index contributed by atoms with van der Waals surface area (Å²) >= 11 is 0. The third kappa shape index (κ3) is 4.66. The van der Waals surface area contributed by atoms with Crippen molar-refractivity contribution < 1.29 is 18.3 Å². The lowest BCUT2D eigenvalue weighted by Gasteiger charge is -2.12. The third-order valence-electron chi connectivity index (χ3n) is 3.59. The first-order valence-corrected chi connectivity index (χ1v) is 8.14. The lowest BCUT2D eigenvalue weighted by Crippen LogP contribution is -2.34. The van der Waals surface area contributed by atoms with E-state index in [1.54, 1.807) is 18.3 Å². The number of pyridine rings is 1. The summed E-state index contributed by atoms with van der Waals surface area (Å²) < 4.78 is 24.0. The summed E-state index contributed by atoms with van der Waals surface area (Å²) in [4.78, 5) is 20.5. The van der Waals surface area contributed by atoms with E-state index in [1.807, 2.05) is 25.1 Å². The average Bonchev–Trinajstić information content (AvgIpc) is 3.11. The number of ether oxygens (including phenoxy) is 1. The number of carbonyl (C=O) groups is 1. The SMILES string of the molecule is C[C@H](Cc1ccccn1)NC(=O)c1coc(COc2ccccc2F)n1. The van der Waals surface area contributed by atoms with Crippen LogP contribution in [0.2, 0.25) is 0 Å². The van der Waals surface area contributed by atoms with Crippen LogP contribution in [0.1, 0.15) is 29.0 Å². The van der Waals surface area contributed by atoms with Crippen molar-refractivity contribution in [3.8, 4) is 5.75 Å². The highest BCUT2D eigenvalue weighted by Crippen LogP contribution is 2.17. The summed E-state index contributed by atoms with van der Waals surface area (Å²) in [6, 6.07) is 11.6. The number of benzene rings is 1. The van der Waals surface area contributed by atoms with Gasteiger partial charge < -0.3 is 14.5 Å². The zero-order valence-electron chi connectivity index (χ0n) is 14.2. The van der Waals surface area contributed by atoms with Gasteiger partial charge in [0, 0.05) is 24.4 Å². The Morgan fingerprint density at radius 1 is 1.27 bits per heavy atom. The summed E-state index contributed by atoms with van der Waals surface area (Å²) in [6.07, 6.45) is 3.57. The number of carbonyl (C=O) groups excluding carboxylic acids is 1. The molecule has 26 heavy (non-hydrogen) atoms. The Labute approximate surface area is 150 Å². The predicted octanol–water partition coefficient (Wildman–Crippen LogP) is 3.15. The van der Waals surface area contributed by atoms with E-state index in [1.165, 1.54) is 18.4 Å². The molecular weight excluding hydrogens is 337 g/mol. The van der Waals surface area contributed by atoms with Crippen molar-refractivity contribution in [1.82, 2.24) is 15.3 Å². The molecule has 0 saturated heterocycles. The lowest BCUT2D eigenvalue weighted by molar-refractivity contribution is 0.0935. The predicted molar refractivity (Wildman–Crippen MR) is 92.1 cm³/mol. The van der Waals surface area contributed by atoms with E-state index in [-0.39, 0.29) is 35.9 Å². The molecule has 0 fully saturated rings. The molecule has 6 nitrogen and oxygen atoms in total. The normalized spacial score (nSPS) is 11.8. The van der Waals surface area contributed by atoms with Gasteiger partial charge in [-0.2, -0.15) is 0 Å². The Morgan fingerprint density at radius 2 is 2.08 bits per heavy atom. The zero-order chi connectivity index (χ0) is 18.4. The Kier molecular flexibility index (Phi) is 5.58. The molecule has 0 saturated carbocycles. The Bertz CT molecular complexity index is 867. The molecule has 1 aromatic carbocycles. The van der Waals surface area contributed by atoms with Crippen molar-refractivity contribution in [1.29, 1.82) is 0 Å². The first kappa shape index (κ1) is 17.6. The fourth-order valence-electron chi connectivity index (χ4n) is 2.36. The Morgan fingerprint density at radius 3 is 2.85 bits per heavy atom. The van der Waals surface area contributed by atoms with E-state index in [0.29, 0.717) is 6.42 Å². The van der Waals surface area contributed by atoms with Crippen molar-refractivity contribution >= 4 is 5.91 Å². The van der Waals surface area contributed by atoms with Gasteiger partial charge in [-0.25, -0.2) is 9.37 Å². The summed E-state index contributed by atoms with van der Waals surface area (Å²) in [6.45, 7) is 1.81. The van der Waals surface area contributed by atoms with Gasteiger partial charge in [-0.15, -0.1) is 0 Å². The average molecular weight is 355 g/mol. The number of nitrogens with zero attached hydrogens (tertiary/aromatic N) is 2. The van der Waals surface area contributed by atoms with E-state index in [0.717, 1.165) is 5.69 Å². The summed E-state index contributed by atoms with van der Waals surface area (Å²) in [7, 11) is 0. The molecule has 3 rings (SSSR count). The van der Waals surface area contributed by atoms with Crippen LogP contribution in [-0.2, 0) is 13.0 Å². The van der Waals surface area contributed by atoms with E-state index in [2.05, 4.69) is 15.3 Å². The van der Waals surface area contributed by atoms with Crippen molar-refractivity contribution in [2.75, 3.05) is 0 Å².